The lowest BCUT2D eigenvalue weighted by molar-refractivity contribution is 0.284. The zero-order valence-corrected chi connectivity index (χ0v) is 14.0. The van der Waals surface area contributed by atoms with Crippen LogP contribution in [0.2, 0.25) is 0 Å². The fraction of sp³-hybridized carbons (Fsp3) is 0.684. The molecule has 0 aliphatic carbocycles. The molecule has 0 radical (unpaired) electrons. The number of nitrogens with zero attached hydrogens (tertiary/aromatic N) is 1. The highest BCUT2D eigenvalue weighted by Crippen LogP contribution is 2.25. The summed E-state index contributed by atoms with van der Waals surface area (Å²) in [7, 11) is 0. The molecule has 2 atom stereocenters. The molecule has 1 saturated heterocycles. The van der Waals surface area contributed by atoms with Crippen LogP contribution in [0.25, 0.3) is 0 Å². The van der Waals surface area contributed by atoms with Crippen molar-refractivity contribution in [3.63, 3.8) is 0 Å². The second kappa shape index (κ2) is 8.55. The Balaban J connectivity index is 1.85. The predicted molar refractivity (Wildman–Crippen MR) is 91.5 cm³/mol. The summed E-state index contributed by atoms with van der Waals surface area (Å²) in [4.78, 5) is 2.66. The van der Waals surface area contributed by atoms with Crippen molar-refractivity contribution < 1.29 is 0 Å². The van der Waals surface area contributed by atoms with E-state index in [2.05, 4.69) is 61.3 Å². The van der Waals surface area contributed by atoms with Crippen LogP contribution in [0.1, 0.15) is 51.6 Å². The highest BCUT2D eigenvalue weighted by molar-refractivity contribution is 5.18. The summed E-state index contributed by atoms with van der Waals surface area (Å²) < 4.78 is 0. The molecule has 2 rings (SSSR count). The van der Waals surface area contributed by atoms with Crippen molar-refractivity contribution in [2.24, 2.45) is 11.8 Å². The third-order valence-corrected chi connectivity index (χ3v) is 4.83. The van der Waals surface area contributed by atoms with Gasteiger partial charge in [0.15, 0.2) is 0 Å². The van der Waals surface area contributed by atoms with E-state index in [0.717, 1.165) is 18.4 Å². The SMILES string of the molecule is CCCNC(CCN1CCC(C(C)C)C1)c1ccccc1. The molecule has 0 spiro atoms. The van der Waals surface area contributed by atoms with E-state index in [0.29, 0.717) is 6.04 Å². The largest absolute Gasteiger partial charge is 0.310 e. The average molecular weight is 288 g/mol. The Hall–Kier alpha value is -0.860. The van der Waals surface area contributed by atoms with Crippen molar-refractivity contribution in [3.05, 3.63) is 35.9 Å². The Bertz CT molecular complexity index is 388. The van der Waals surface area contributed by atoms with E-state index in [1.807, 2.05) is 0 Å². The third kappa shape index (κ3) is 5.12. The van der Waals surface area contributed by atoms with Crippen molar-refractivity contribution in [2.75, 3.05) is 26.2 Å². The molecule has 118 valence electrons. The first-order valence-corrected chi connectivity index (χ1v) is 8.71. The zero-order chi connectivity index (χ0) is 15.1. The molecule has 1 heterocycles. The van der Waals surface area contributed by atoms with Gasteiger partial charge in [0.25, 0.3) is 0 Å². The van der Waals surface area contributed by atoms with Gasteiger partial charge in [-0.15, -0.1) is 0 Å². The standard InChI is InChI=1S/C19H32N2/c1-4-12-20-19(17-8-6-5-7-9-17)11-14-21-13-10-18(15-21)16(2)3/h5-9,16,18-20H,4,10-15H2,1-3H3. The topological polar surface area (TPSA) is 15.3 Å². The van der Waals surface area contributed by atoms with Crippen molar-refractivity contribution in [1.82, 2.24) is 10.2 Å². The fourth-order valence-corrected chi connectivity index (χ4v) is 3.31. The quantitative estimate of drug-likeness (QED) is 0.775. The van der Waals surface area contributed by atoms with Crippen LogP contribution in [0.4, 0.5) is 0 Å². The molecule has 2 unspecified atom stereocenters. The molecule has 0 saturated carbocycles. The summed E-state index contributed by atoms with van der Waals surface area (Å²) in [6, 6.07) is 11.4. The lowest BCUT2D eigenvalue weighted by Gasteiger charge is -2.23. The minimum atomic E-state index is 0.504. The minimum absolute atomic E-state index is 0.504. The summed E-state index contributed by atoms with van der Waals surface area (Å²) in [5.41, 5.74) is 1.44. The number of hydrogen-bond donors (Lipinski definition) is 1. The van der Waals surface area contributed by atoms with Crippen LogP contribution < -0.4 is 5.32 Å². The van der Waals surface area contributed by atoms with Gasteiger partial charge in [0.2, 0.25) is 0 Å². The van der Waals surface area contributed by atoms with E-state index in [1.165, 1.54) is 44.5 Å². The summed E-state index contributed by atoms with van der Waals surface area (Å²) >= 11 is 0. The van der Waals surface area contributed by atoms with Gasteiger partial charge in [0, 0.05) is 12.6 Å². The summed E-state index contributed by atoms with van der Waals surface area (Å²) in [5.74, 6) is 1.74. The van der Waals surface area contributed by atoms with Crippen molar-refractivity contribution in [1.29, 1.82) is 0 Å². The molecule has 1 fully saturated rings. The van der Waals surface area contributed by atoms with Crippen LogP contribution in [0.15, 0.2) is 30.3 Å². The molecule has 0 aromatic heterocycles. The van der Waals surface area contributed by atoms with E-state index in [4.69, 9.17) is 0 Å². The second-order valence-electron chi connectivity index (χ2n) is 6.80. The molecular weight excluding hydrogens is 256 g/mol. The van der Waals surface area contributed by atoms with Crippen LogP contribution in [-0.2, 0) is 0 Å². The molecular formula is C19H32N2. The lowest BCUT2D eigenvalue weighted by Crippen LogP contribution is -2.29. The van der Waals surface area contributed by atoms with Gasteiger partial charge in [-0.1, -0.05) is 51.1 Å². The maximum atomic E-state index is 3.72. The van der Waals surface area contributed by atoms with Gasteiger partial charge >= 0.3 is 0 Å². The van der Waals surface area contributed by atoms with Gasteiger partial charge in [0.1, 0.15) is 0 Å². The number of benzene rings is 1. The van der Waals surface area contributed by atoms with Crippen LogP contribution >= 0.6 is 0 Å². The molecule has 2 heteroatoms. The fourth-order valence-electron chi connectivity index (χ4n) is 3.31. The Morgan fingerprint density at radius 1 is 1.24 bits per heavy atom. The van der Waals surface area contributed by atoms with Crippen LogP contribution in [-0.4, -0.2) is 31.1 Å². The minimum Gasteiger partial charge on any atom is -0.310 e. The van der Waals surface area contributed by atoms with Crippen LogP contribution in [0.3, 0.4) is 0 Å². The Kier molecular flexibility index (Phi) is 6.72. The van der Waals surface area contributed by atoms with Gasteiger partial charge in [0.05, 0.1) is 0 Å². The van der Waals surface area contributed by atoms with Crippen LogP contribution in [0.5, 0.6) is 0 Å². The first-order chi connectivity index (χ1) is 10.2. The monoisotopic (exact) mass is 288 g/mol. The average Bonchev–Trinajstić information content (AvgIpc) is 2.97. The Labute approximate surface area is 130 Å². The van der Waals surface area contributed by atoms with E-state index in [1.54, 1.807) is 0 Å². The van der Waals surface area contributed by atoms with Crippen molar-refractivity contribution in [3.8, 4) is 0 Å². The maximum absolute atomic E-state index is 3.72. The molecule has 1 aliphatic heterocycles. The number of rotatable bonds is 8. The molecule has 0 amide bonds. The summed E-state index contributed by atoms with van der Waals surface area (Å²) in [5, 5.41) is 3.72. The summed E-state index contributed by atoms with van der Waals surface area (Å²) in [6.45, 7) is 11.9. The molecule has 1 aliphatic rings. The first-order valence-electron chi connectivity index (χ1n) is 8.71. The van der Waals surface area contributed by atoms with Gasteiger partial charge in [-0.25, -0.2) is 0 Å². The molecule has 1 N–H and O–H groups in total. The van der Waals surface area contributed by atoms with Gasteiger partial charge in [-0.05, 0) is 56.3 Å². The Morgan fingerprint density at radius 2 is 2.00 bits per heavy atom. The van der Waals surface area contributed by atoms with E-state index >= 15 is 0 Å². The Morgan fingerprint density at radius 3 is 2.62 bits per heavy atom. The second-order valence-corrected chi connectivity index (χ2v) is 6.80. The van der Waals surface area contributed by atoms with E-state index < -0.39 is 0 Å². The molecule has 1 aromatic rings. The predicted octanol–water partition coefficient (Wildman–Crippen LogP) is 4.10. The maximum Gasteiger partial charge on any atom is 0.0332 e. The number of hydrogen-bond acceptors (Lipinski definition) is 2. The van der Waals surface area contributed by atoms with E-state index in [9.17, 15) is 0 Å². The third-order valence-electron chi connectivity index (χ3n) is 4.83. The normalized spacial score (nSPS) is 21.0. The smallest absolute Gasteiger partial charge is 0.0332 e. The highest BCUT2D eigenvalue weighted by atomic mass is 15.1. The van der Waals surface area contributed by atoms with Crippen molar-refractivity contribution >= 4 is 0 Å². The number of nitrogens with one attached hydrogen (secondary N) is 1. The van der Waals surface area contributed by atoms with Gasteiger partial charge < -0.3 is 10.2 Å². The van der Waals surface area contributed by atoms with Gasteiger partial charge in [-0.3, -0.25) is 0 Å². The summed E-state index contributed by atoms with van der Waals surface area (Å²) in [6.07, 6.45) is 3.80. The molecule has 2 nitrogen and oxygen atoms in total. The zero-order valence-electron chi connectivity index (χ0n) is 14.0. The first kappa shape index (κ1) is 16.5. The van der Waals surface area contributed by atoms with Crippen LogP contribution in [0, 0.1) is 11.8 Å². The van der Waals surface area contributed by atoms with Crippen molar-refractivity contribution in [2.45, 2.75) is 46.1 Å². The highest BCUT2D eigenvalue weighted by Gasteiger charge is 2.25. The lowest BCUT2D eigenvalue weighted by atomic mass is 9.95. The van der Waals surface area contributed by atoms with Gasteiger partial charge in [-0.2, -0.15) is 0 Å². The number of likely N-dealkylation sites (tertiary alicyclic amines) is 1. The molecule has 0 bridgehead atoms. The van der Waals surface area contributed by atoms with E-state index in [-0.39, 0.29) is 0 Å². The molecule has 21 heavy (non-hydrogen) atoms. The molecule has 1 aromatic carbocycles.